The van der Waals surface area contributed by atoms with Crippen molar-refractivity contribution in [3.63, 3.8) is 0 Å². The van der Waals surface area contributed by atoms with Crippen molar-refractivity contribution in [3.05, 3.63) is 0 Å². The highest BCUT2D eigenvalue weighted by Crippen LogP contribution is 1.96. The largest absolute Gasteiger partial charge is 0.481 e. The van der Waals surface area contributed by atoms with Gasteiger partial charge in [-0.05, 0) is 6.42 Å². The summed E-state index contributed by atoms with van der Waals surface area (Å²) in [5, 5.41) is 7.42. The Labute approximate surface area is 80.1 Å². The van der Waals surface area contributed by atoms with E-state index in [1.54, 1.807) is 0 Å². The van der Waals surface area contributed by atoms with Crippen LogP contribution >= 0.6 is 0 Å². The monoisotopic (exact) mass is 191 g/mol. The maximum atomic E-state index is 10.1. The molecule has 0 rings (SSSR count). The van der Waals surface area contributed by atoms with Gasteiger partial charge in [0.2, 0.25) is 5.91 Å². The Morgan fingerprint density at radius 1 is 1.31 bits per heavy atom. The summed E-state index contributed by atoms with van der Waals surface area (Å²) in [6, 6.07) is 0. The molecule has 3 N–H and O–H groups in total. The summed E-state index contributed by atoms with van der Waals surface area (Å²) in [5.41, 5.74) is 4.89. The van der Waals surface area contributed by atoms with Gasteiger partial charge in [0.1, 0.15) is 0 Å². The molecule has 0 aliphatic rings. The fourth-order valence-corrected chi connectivity index (χ4v) is 0.549. The van der Waals surface area contributed by atoms with Crippen molar-refractivity contribution in [2.75, 3.05) is 0 Å². The standard InChI is InChI=1S/C6H13NO.C2H4O2.CH4/c1-2-3-4-5-6(7)8;1-2(3)4;/h2-5H2,1H3,(H2,7,8);1H3,(H,3,4);1H4. The molecule has 0 unspecified atom stereocenters. The smallest absolute Gasteiger partial charge is 0.300 e. The molecule has 0 aromatic heterocycles. The molecule has 80 valence electrons. The van der Waals surface area contributed by atoms with E-state index >= 15 is 0 Å². The van der Waals surface area contributed by atoms with Gasteiger partial charge in [-0.1, -0.05) is 27.2 Å². The summed E-state index contributed by atoms with van der Waals surface area (Å²) in [6.45, 7) is 3.18. The lowest BCUT2D eigenvalue weighted by Gasteiger charge is -1.90. The molecule has 0 aliphatic carbocycles. The van der Waals surface area contributed by atoms with Gasteiger partial charge in [-0.15, -0.1) is 0 Å². The highest BCUT2D eigenvalue weighted by atomic mass is 16.4. The molecule has 0 atom stereocenters. The van der Waals surface area contributed by atoms with Crippen LogP contribution in [0.15, 0.2) is 0 Å². The van der Waals surface area contributed by atoms with Gasteiger partial charge >= 0.3 is 0 Å². The highest BCUT2D eigenvalue weighted by molar-refractivity contribution is 5.73. The molecule has 0 radical (unpaired) electrons. The van der Waals surface area contributed by atoms with Gasteiger partial charge < -0.3 is 10.8 Å². The van der Waals surface area contributed by atoms with E-state index in [-0.39, 0.29) is 13.3 Å². The number of carboxylic acids is 1. The number of carboxylic acid groups (broad SMARTS) is 1. The molecular formula is C9H21NO3. The summed E-state index contributed by atoms with van der Waals surface area (Å²) in [7, 11) is 0. The second-order valence-corrected chi connectivity index (χ2v) is 2.44. The average Bonchev–Trinajstić information content (AvgIpc) is 1.86. The number of rotatable bonds is 4. The molecule has 0 aromatic carbocycles. The van der Waals surface area contributed by atoms with Gasteiger partial charge in [0.25, 0.3) is 5.97 Å². The molecule has 0 aromatic rings. The first kappa shape index (κ1) is 17.9. The SMILES string of the molecule is C.CC(=O)O.CCCCCC(N)=O. The average molecular weight is 191 g/mol. The van der Waals surface area contributed by atoms with E-state index < -0.39 is 5.97 Å². The quantitative estimate of drug-likeness (QED) is 0.664. The summed E-state index contributed by atoms with van der Waals surface area (Å²) in [4.78, 5) is 19.1. The van der Waals surface area contributed by atoms with Crippen LogP contribution in [0.1, 0.15) is 47.0 Å². The number of primary amides is 1. The van der Waals surface area contributed by atoms with Crippen LogP contribution in [0.4, 0.5) is 0 Å². The third kappa shape index (κ3) is 56.3. The van der Waals surface area contributed by atoms with Crippen molar-refractivity contribution in [2.24, 2.45) is 5.73 Å². The van der Waals surface area contributed by atoms with E-state index in [1.165, 1.54) is 0 Å². The first-order valence-electron chi connectivity index (χ1n) is 3.98. The van der Waals surface area contributed by atoms with E-state index in [9.17, 15) is 4.79 Å². The minimum absolute atomic E-state index is 0. The summed E-state index contributed by atoms with van der Waals surface area (Å²) >= 11 is 0. The number of hydrogen-bond acceptors (Lipinski definition) is 2. The van der Waals surface area contributed by atoms with E-state index in [1.807, 2.05) is 0 Å². The molecule has 1 amide bonds. The van der Waals surface area contributed by atoms with Crippen LogP contribution in [-0.4, -0.2) is 17.0 Å². The Balaban J connectivity index is -0.000000173. The minimum Gasteiger partial charge on any atom is -0.481 e. The second-order valence-electron chi connectivity index (χ2n) is 2.44. The van der Waals surface area contributed by atoms with Gasteiger partial charge in [0.05, 0.1) is 0 Å². The Hall–Kier alpha value is -1.06. The fraction of sp³-hybridized carbons (Fsp3) is 0.778. The normalized spacial score (nSPS) is 7.54. The van der Waals surface area contributed by atoms with E-state index in [2.05, 4.69) is 6.92 Å². The zero-order valence-electron chi connectivity index (χ0n) is 7.67. The van der Waals surface area contributed by atoms with Gasteiger partial charge in [0, 0.05) is 13.3 Å². The third-order valence-corrected chi connectivity index (χ3v) is 1.03. The molecule has 0 spiro atoms. The summed E-state index contributed by atoms with van der Waals surface area (Å²) in [6.07, 6.45) is 3.76. The van der Waals surface area contributed by atoms with Crippen molar-refractivity contribution >= 4 is 11.9 Å². The van der Waals surface area contributed by atoms with E-state index in [0.29, 0.717) is 6.42 Å². The number of unbranched alkanes of at least 4 members (excludes halogenated alkanes) is 2. The van der Waals surface area contributed by atoms with Gasteiger partial charge in [-0.25, -0.2) is 0 Å². The molecule has 13 heavy (non-hydrogen) atoms. The summed E-state index contributed by atoms with van der Waals surface area (Å²) in [5.74, 6) is -1.02. The second kappa shape index (κ2) is 13.5. The molecular weight excluding hydrogens is 170 g/mol. The van der Waals surface area contributed by atoms with Crippen molar-refractivity contribution in [3.8, 4) is 0 Å². The molecule has 0 bridgehead atoms. The Morgan fingerprint density at radius 3 is 1.92 bits per heavy atom. The number of nitrogens with two attached hydrogens (primary N) is 1. The lowest BCUT2D eigenvalue weighted by atomic mass is 10.2. The van der Waals surface area contributed by atoms with E-state index in [0.717, 1.165) is 26.2 Å². The fourth-order valence-electron chi connectivity index (χ4n) is 0.549. The van der Waals surface area contributed by atoms with Crippen molar-refractivity contribution < 1.29 is 14.7 Å². The van der Waals surface area contributed by atoms with Crippen LogP contribution in [0.25, 0.3) is 0 Å². The van der Waals surface area contributed by atoms with Crippen LogP contribution in [-0.2, 0) is 9.59 Å². The highest BCUT2D eigenvalue weighted by Gasteiger charge is 1.90. The Bertz CT molecular complexity index is 131. The lowest BCUT2D eigenvalue weighted by Crippen LogP contribution is -2.09. The van der Waals surface area contributed by atoms with Crippen molar-refractivity contribution in [1.82, 2.24) is 0 Å². The predicted molar refractivity (Wildman–Crippen MR) is 53.4 cm³/mol. The molecule has 0 saturated carbocycles. The number of carbonyl (C=O) groups is 2. The molecule has 0 fully saturated rings. The van der Waals surface area contributed by atoms with Crippen LogP contribution in [0.2, 0.25) is 0 Å². The van der Waals surface area contributed by atoms with Gasteiger partial charge in [-0.3, -0.25) is 9.59 Å². The number of carbonyl (C=O) groups excluding carboxylic acids is 1. The molecule has 0 saturated heterocycles. The Morgan fingerprint density at radius 2 is 1.69 bits per heavy atom. The van der Waals surface area contributed by atoms with E-state index in [4.69, 9.17) is 15.6 Å². The van der Waals surface area contributed by atoms with Crippen LogP contribution < -0.4 is 5.73 Å². The lowest BCUT2D eigenvalue weighted by molar-refractivity contribution is -0.134. The topological polar surface area (TPSA) is 80.4 Å². The zero-order valence-corrected chi connectivity index (χ0v) is 7.67. The molecule has 0 aliphatic heterocycles. The minimum atomic E-state index is -0.833. The van der Waals surface area contributed by atoms with Crippen LogP contribution in [0.3, 0.4) is 0 Å². The third-order valence-electron chi connectivity index (χ3n) is 1.03. The van der Waals surface area contributed by atoms with Gasteiger partial charge in [-0.2, -0.15) is 0 Å². The maximum absolute atomic E-state index is 10.1. The number of amides is 1. The van der Waals surface area contributed by atoms with Gasteiger partial charge in [0.15, 0.2) is 0 Å². The van der Waals surface area contributed by atoms with Crippen molar-refractivity contribution in [1.29, 1.82) is 0 Å². The molecule has 4 heteroatoms. The predicted octanol–water partition coefficient (Wildman–Crippen LogP) is 1.78. The van der Waals surface area contributed by atoms with Crippen LogP contribution in [0, 0.1) is 0 Å². The first-order chi connectivity index (χ1) is 5.50. The number of aliphatic carboxylic acids is 1. The maximum Gasteiger partial charge on any atom is 0.300 e. The molecule has 4 nitrogen and oxygen atoms in total. The van der Waals surface area contributed by atoms with Crippen LogP contribution in [0.5, 0.6) is 0 Å². The number of hydrogen-bond donors (Lipinski definition) is 2. The first-order valence-corrected chi connectivity index (χ1v) is 3.98. The molecule has 0 heterocycles. The summed E-state index contributed by atoms with van der Waals surface area (Å²) < 4.78 is 0. The van der Waals surface area contributed by atoms with Crippen molar-refractivity contribution in [2.45, 2.75) is 47.0 Å². The Kier molecular flexibility index (Phi) is 18.6. The zero-order chi connectivity index (χ0) is 9.98.